The van der Waals surface area contributed by atoms with Gasteiger partial charge < -0.3 is 9.84 Å². The van der Waals surface area contributed by atoms with E-state index >= 15 is 0 Å². The fourth-order valence-corrected chi connectivity index (χ4v) is 2.39. The zero-order valence-corrected chi connectivity index (χ0v) is 13.6. The van der Waals surface area contributed by atoms with Gasteiger partial charge >= 0.3 is 5.97 Å². The molecular weight excluding hydrogens is 316 g/mol. The van der Waals surface area contributed by atoms with Gasteiger partial charge in [-0.15, -0.1) is 5.11 Å². The van der Waals surface area contributed by atoms with E-state index in [0.717, 1.165) is 11.1 Å². The number of ether oxygens (including phenoxy) is 1. The average molecular weight is 332 g/mol. The van der Waals surface area contributed by atoms with E-state index in [1.807, 2.05) is 54.6 Å². The molecule has 0 aromatic heterocycles. The molecule has 0 aliphatic rings. The number of carbonyl (C=O) groups excluding carboxylic acids is 1. The monoisotopic (exact) mass is 332 g/mol. The maximum absolute atomic E-state index is 11.6. The SMILES string of the molecule is COC(=O)c1cc(N=Nc2ccccc2-c2ccccc2)ccc1O. The highest BCUT2D eigenvalue weighted by Gasteiger charge is 2.12. The molecule has 1 N–H and O–H groups in total. The maximum Gasteiger partial charge on any atom is 0.341 e. The number of azo groups is 1. The Hall–Kier alpha value is -3.47. The molecule has 0 radical (unpaired) electrons. The van der Waals surface area contributed by atoms with Crippen molar-refractivity contribution >= 4 is 17.3 Å². The molecule has 5 nitrogen and oxygen atoms in total. The standard InChI is InChI=1S/C20H16N2O3/c1-25-20(24)17-13-15(11-12-19(17)23)21-22-18-10-6-5-9-16(18)14-7-3-2-4-8-14/h2-13,23H,1H3. The molecule has 5 heteroatoms. The van der Waals surface area contributed by atoms with Gasteiger partial charge in [0.15, 0.2) is 0 Å². The Kier molecular flexibility index (Phi) is 4.85. The van der Waals surface area contributed by atoms with E-state index in [9.17, 15) is 9.90 Å². The maximum atomic E-state index is 11.6. The third kappa shape index (κ3) is 3.72. The van der Waals surface area contributed by atoms with Gasteiger partial charge in [-0.05, 0) is 29.8 Å². The van der Waals surface area contributed by atoms with Crippen molar-refractivity contribution in [3.8, 4) is 16.9 Å². The summed E-state index contributed by atoms with van der Waals surface area (Å²) < 4.78 is 4.64. The smallest absolute Gasteiger partial charge is 0.341 e. The van der Waals surface area contributed by atoms with Crippen LogP contribution in [0.5, 0.6) is 5.75 Å². The molecule has 3 aromatic rings. The minimum absolute atomic E-state index is 0.0512. The van der Waals surface area contributed by atoms with Crippen LogP contribution in [0.25, 0.3) is 11.1 Å². The van der Waals surface area contributed by atoms with Crippen LogP contribution in [0.2, 0.25) is 0 Å². The van der Waals surface area contributed by atoms with Crippen LogP contribution in [0, 0.1) is 0 Å². The number of methoxy groups -OCH3 is 1. The zero-order chi connectivity index (χ0) is 17.6. The Morgan fingerprint density at radius 2 is 1.64 bits per heavy atom. The van der Waals surface area contributed by atoms with Crippen LogP contribution in [0.1, 0.15) is 10.4 Å². The van der Waals surface area contributed by atoms with Gasteiger partial charge in [-0.3, -0.25) is 0 Å². The molecule has 0 amide bonds. The van der Waals surface area contributed by atoms with Crippen molar-refractivity contribution in [2.75, 3.05) is 7.11 Å². The van der Waals surface area contributed by atoms with Gasteiger partial charge in [0.05, 0.1) is 18.5 Å². The molecule has 0 atom stereocenters. The largest absolute Gasteiger partial charge is 0.507 e. The highest BCUT2D eigenvalue weighted by atomic mass is 16.5. The van der Waals surface area contributed by atoms with Crippen molar-refractivity contribution in [2.45, 2.75) is 0 Å². The van der Waals surface area contributed by atoms with Gasteiger partial charge in [0.25, 0.3) is 0 Å². The van der Waals surface area contributed by atoms with Gasteiger partial charge in [0.1, 0.15) is 11.3 Å². The van der Waals surface area contributed by atoms with Crippen molar-refractivity contribution < 1.29 is 14.6 Å². The summed E-state index contributed by atoms with van der Waals surface area (Å²) >= 11 is 0. The fraction of sp³-hybridized carbons (Fsp3) is 0.0500. The minimum Gasteiger partial charge on any atom is -0.507 e. The average Bonchev–Trinajstić information content (AvgIpc) is 2.67. The molecule has 3 rings (SSSR count). The summed E-state index contributed by atoms with van der Waals surface area (Å²) in [4.78, 5) is 11.6. The minimum atomic E-state index is -0.626. The molecule has 0 aliphatic carbocycles. The van der Waals surface area contributed by atoms with Gasteiger partial charge in [-0.2, -0.15) is 5.11 Å². The summed E-state index contributed by atoms with van der Waals surface area (Å²) in [6, 6.07) is 22.0. The lowest BCUT2D eigenvalue weighted by Crippen LogP contribution is -2.00. The van der Waals surface area contributed by atoms with Crippen molar-refractivity contribution in [2.24, 2.45) is 10.2 Å². The summed E-state index contributed by atoms with van der Waals surface area (Å²) in [5.74, 6) is -0.783. The molecule has 0 bridgehead atoms. The Morgan fingerprint density at radius 1 is 0.920 bits per heavy atom. The van der Waals surface area contributed by atoms with E-state index in [2.05, 4.69) is 15.0 Å². The molecule has 0 saturated carbocycles. The molecule has 3 aromatic carbocycles. The number of phenols is 1. The first-order chi connectivity index (χ1) is 12.2. The number of hydrogen-bond donors (Lipinski definition) is 1. The molecule has 0 spiro atoms. The van der Waals surface area contributed by atoms with Gasteiger partial charge in [0, 0.05) is 5.56 Å². The van der Waals surface area contributed by atoms with Crippen molar-refractivity contribution in [1.29, 1.82) is 0 Å². The molecule has 0 fully saturated rings. The number of benzene rings is 3. The zero-order valence-electron chi connectivity index (χ0n) is 13.6. The number of aromatic hydroxyl groups is 1. The Labute approximate surface area is 145 Å². The number of carbonyl (C=O) groups is 1. The Balaban J connectivity index is 1.95. The summed E-state index contributed by atoms with van der Waals surface area (Å²) in [7, 11) is 1.26. The number of hydrogen-bond acceptors (Lipinski definition) is 5. The van der Waals surface area contributed by atoms with Crippen LogP contribution in [-0.4, -0.2) is 18.2 Å². The first-order valence-corrected chi connectivity index (χ1v) is 7.66. The second-order valence-corrected chi connectivity index (χ2v) is 5.28. The van der Waals surface area contributed by atoms with Crippen LogP contribution in [0.4, 0.5) is 11.4 Å². The molecule has 0 aliphatic heterocycles. The van der Waals surface area contributed by atoms with Gasteiger partial charge in [-0.25, -0.2) is 4.79 Å². The highest BCUT2D eigenvalue weighted by Crippen LogP contribution is 2.32. The van der Waals surface area contributed by atoms with Gasteiger partial charge in [-0.1, -0.05) is 48.5 Å². The fourth-order valence-electron chi connectivity index (χ4n) is 2.39. The molecule has 25 heavy (non-hydrogen) atoms. The lowest BCUT2D eigenvalue weighted by atomic mass is 10.0. The van der Waals surface area contributed by atoms with Crippen molar-refractivity contribution in [3.05, 3.63) is 78.4 Å². The van der Waals surface area contributed by atoms with Crippen LogP contribution in [-0.2, 0) is 4.74 Å². The summed E-state index contributed by atoms with van der Waals surface area (Å²) in [6.45, 7) is 0. The van der Waals surface area contributed by atoms with Crippen LogP contribution in [0.15, 0.2) is 83.0 Å². The first kappa shape index (κ1) is 16.4. The second-order valence-electron chi connectivity index (χ2n) is 5.28. The quantitative estimate of drug-likeness (QED) is 0.523. The third-order valence-electron chi connectivity index (χ3n) is 3.65. The molecular formula is C20H16N2O3. The van der Waals surface area contributed by atoms with Crippen LogP contribution in [0.3, 0.4) is 0 Å². The predicted octanol–water partition coefficient (Wildman–Crippen LogP) is 5.26. The number of phenolic OH excluding ortho intramolecular Hbond substituents is 1. The lowest BCUT2D eigenvalue weighted by Gasteiger charge is -2.05. The molecule has 0 saturated heterocycles. The topological polar surface area (TPSA) is 71.2 Å². The van der Waals surface area contributed by atoms with Crippen LogP contribution < -0.4 is 0 Å². The third-order valence-corrected chi connectivity index (χ3v) is 3.65. The number of esters is 1. The van der Waals surface area contributed by atoms with E-state index in [1.54, 1.807) is 6.07 Å². The van der Waals surface area contributed by atoms with E-state index in [-0.39, 0.29) is 11.3 Å². The van der Waals surface area contributed by atoms with E-state index < -0.39 is 5.97 Å². The molecule has 124 valence electrons. The second kappa shape index (κ2) is 7.40. The van der Waals surface area contributed by atoms with E-state index in [1.165, 1.54) is 19.2 Å². The number of nitrogens with zero attached hydrogens (tertiary/aromatic N) is 2. The normalized spacial score (nSPS) is 10.8. The lowest BCUT2D eigenvalue weighted by molar-refractivity contribution is 0.0597. The summed E-state index contributed by atoms with van der Waals surface area (Å²) in [6.07, 6.45) is 0. The summed E-state index contributed by atoms with van der Waals surface area (Å²) in [5, 5.41) is 18.2. The van der Waals surface area contributed by atoms with E-state index in [4.69, 9.17) is 0 Å². The van der Waals surface area contributed by atoms with Crippen molar-refractivity contribution in [1.82, 2.24) is 0 Å². The first-order valence-electron chi connectivity index (χ1n) is 7.66. The van der Waals surface area contributed by atoms with Crippen molar-refractivity contribution in [3.63, 3.8) is 0 Å². The van der Waals surface area contributed by atoms with Gasteiger partial charge in [0.2, 0.25) is 0 Å². The number of rotatable bonds is 4. The van der Waals surface area contributed by atoms with E-state index in [0.29, 0.717) is 11.4 Å². The Bertz CT molecular complexity index is 921. The molecule has 0 unspecified atom stereocenters. The predicted molar refractivity (Wildman–Crippen MR) is 95.5 cm³/mol. The molecule has 0 heterocycles. The Morgan fingerprint density at radius 3 is 2.40 bits per heavy atom. The van der Waals surface area contributed by atoms with Crippen LogP contribution >= 0.6 is 0 Å². The highest BCUT2D eigenvalue weighted by molar-refractivity contribution is 5.93. The summed E-state index contributed by atoms with van der Waals surface area (Å²) in [5.41, 5.74) is 3.20.